The number of fused-ring (bicyclic) bond motifs is 2. The highest BCUT2D eigenvalue weighted by Crippen LogP contribution is 2.49. The Morgan fingerprint density at radius 2 is 2.12 bits per heavy atom. The first kappa shape index (κ1) is 16.6. The molecule has 24 heavy (non-hydrogen) atoms. The molecule has 126 valence electrons. The number of hydrogen-bond donors (Lipinski definition) is 1. The minimum absolute atomic E-state index is 0.102. The Balaban J connectivity index is 1.93. The van der Waals surface area contributed by atoms with E-state index in [1.807, 2.05) is 12.1 Å². The third-order valence-electron chi connectivity index (χ3n) is 5.06. The lowest BCUT2D eigenvalue weighted by Crippen LogP contribution is -2.45. The molecular formula is C19H19BrFNOS. The van der Waals surface area contributed by atoms with E-state index in [0.29, 0.717) is 10.9 Å². The molecule has 1 fully saturated rings. The normalized spacial score (nSPS) is 28.5. The van der Waals surface area contributed by atoms with Gasteiger partial charge in [-0.1, -0.05) is 37.8 Å². The van der Waals surface area contributed by atoms with Crippen molar-refractivity contribution in [1.82, 2.24) is 5.32 Å². The van der Waals surface area contributed by atoms with Crippen molar-refractivity contribution >= 4 is 38.4 Å². The van der Waals surface area contributed by atoms with Crippen molar-refractivity contribution < 1.29 is 9.18 Å². The molecule has 5 heteroatoms. The highest BCUT2D eigenvalue weighted by Gasteiger charge is 2.41. The smallest absolute Gasteiger partial charge is 0.195 e. The number of allylic oxidation sites excluding steroid dienone is 1. The molecule has 2 nitrogen and oxygen atoms in total. The summed E-state index contributed by atoms with van der Waals surface area (Å²) in [5, 5.41) is 3.87. The Morgan fingerprint density at radius 3 is 2.88 bits per heavy atom. The van der Waals surface area contributed by atoms with Crippen molar-refractivity contribution in [1.29, 1.82) is 0 Å². The summed E-state index contributed by atoms with van der Waals surface area (Å²) in [4.78, 5) is 13.1. The SMILES string of the molecule is CC1(C)C=C2C(c3ccc(F)c(Br)c3)=C3SC(=O)CC3NC2CC1. The summed E-state index contributed by atoms with van der Waals surface area (Å²) in [5.74, 6) is -0.264. The predicted molar refractivity (Wildman–Crippen MR) is 100 cm³/mol. The van der Waals surface area contributed by atoms with Crippen molar-refractivity contribution in [3.05, 3.63) is 50.6 Å². The van der Waals surface area contributed by atoms with E-state index < -0.39 is 0 Å². The zero-order valence-electron chi connectivity index (χ0n) is 13.7. The van der Waals surface area contributed by atoms with Gasteiger partial charge in [0.05, 0.1) is 4.47 Å². The lowest BCUT2D eigenvalue weighted by atomic mass is 9.72. The van der Waals surface area contributed by atoms with E-state index in [0.717, 1.165) is 28.9 Å². The second-order valence-electron chi connectivity index (χ2n) is 7.45. The first-order chi connectivity index (χ1) is 11.3. The third-order valence-corrected chi connectivity index (χ3v) is 6.77. The molecule has 3 aliphatic rings. The maximum absolute atomic E-state index is 13.7. The topological polar surface area (TPSA) is 29.1 Å². The first-order valence-corrected chi connectivity index (χ1v) is 9.84. The molecule has 0 radical (unpaired) electrons. The van der Waals surface area contributed by atoms with Crippen LogP contribution >= 0.6 is 27.7 Å². The molecule has 2 unspecified atom stereocenters. The van der Waals surface area contributed by atoms with Gasteiger partial charge >= 0.3 is 0 Å². The number of hydrogen-bond acceptors (Lipinski definition) is 3. The molecular weight excluding hydrogens is 389 g/mol. The van der Waals surface area contributed by atoms with Crippen LogP contribution in [0.3, 0.4) is 0 Å². The van der Waals surface area contributed by atoms with Crippen LogP contribution in [0.4, 0.5) is 4.39 Å². The van der Waals surface area contributed by atoms with E-state index in [2.05, 4.69) is 41.2 Å². The Bertz CT molecular complexity index is 799. The maximum atomic E-state index is 13.7. The second kappa shape index (κ2) is 5.82. The number of rotatable bonds is 1. The number of carbonyl (C=O) groups is 1. The van der Waals surface area contributed by atoms with Crippen LogP contribution in [0.25, 0.3) is 5.57 Å². The fourth-order valence-corrected chi connectivity index (χ4v) is 5.39. The molecule has 2 aliphatic heterocycles. The standard InChI is InChI=1S/C19H19BrFNOS/c1-19(2)6-5-14-11(9-19)17(10-3-4-13(21)12(20)7-10)18-15(22-14)8-16(23)24-18/h3-4,7,9,14-15,22H,5-6,8H2,1-2H3. The maximum Gasteiger partial charge on any atom is 0.195 e. The Labute approximate surface area is 154 Å². The average Bonchev–Trinajstić information content (AvgIpc) is 2.87. The van der Waals surface area contributed by atoms with Crippen molar-refractivity contribution in [3.63, 3.8) is 0 Å². The van der Waals surface area contributed by atoms with Gasteiger partial charge in [0.15, 0.2) is 5.12 Å². The lowest BCUT2D eigenvalue weighted by molar-refractivity contribution is -0.110. The van der Waals surface area contributed by atoms with Crippen molar-refractivity contribution in [2.24, 2.45) is 5.41 Å². The van der Waals surface area contributed by atoms with E-state index in [1.54, 1.807) is 0 Å². The zero-order chi connectivity index (χ0) is 17.1. The van der Waals surface area contributed by atoms with Crippen LogP contribution in [-0.2, 0) is 4.79 Å². The minimum atomic E-state index is -0.264. The summed E-state index contributed by atoms with van der Waals surface area (Å²) in [7, 11) is 0. The Kier molecular flexibility index (Phi) is 4.01. The summed E-state index contributed by atoms with van der Waals surface area (Å²) < 4.78 is 14.2. The van der Waals surface area contributed by atoms with Gasteiger partial charge in [0.2, 0.25) is 0 Å². The number of thioether (sulfide) groups is 1. The van der Waals surface area contributed by atoms with E-state index in [4.69, 9.17) is 0 Å². The van der Waals surface area contributed by atoms with Crippen LogP contribution < -0.4 is 5.32 Å². The van der Waals surface area contributed by atoms with Crippen LogP contribution in [0, 0.1) is 11.2 Å². The molecule has 2 atom stereocenters. The fourth-order valence-electron chi connectivity index (χ4n) is 3.89. The van der Waals surface area contributed by atoms with Gasteiger partial charge in [-0.15, -0.1) is 0 Å². The molecule has 1 aromatic rings. The average molecular weight is 408 g/mol. The molecule has 0 bridgehead atoms. The highest BCUT2D eigenvalue weighted by molar-refractivity contribution is 9.10. The van der Waals surface area contributed by atoms with Crippen molar-refractivity contribution in [2.75, 3.05) is 0 Å². The van der Waals surface area contributed by atoms with Gasteiger partial charge in [0.25, 0.3) is 0 Å². The molecule has 1 aromatic carbocycles. The predicted octanol–water partition coefficient (Wildman–Crippen LogP) is 5.05. The summed E-state index contributed by atoms with van der Waals surface area (Å²) in [5.41, 5.74) is 3.52. The highest BCUT2D eigenvalue weighted by atomic mass is 79.9. The van der Waals surface area contributed by atoms with E-state index in [1.165, 1.54) is 23.4 Å². The number of carbonyl (C=O) groups excluding carboxylic acids is 1. The minimum Gasteiger partial charge on any atom is -0.302 e. The van der Waals surface area contributed by atoms with Gasteiger partial charge < -0.3 is 5.32 Å². The second-order valence-corrected chi connectivity index (χ2v) is 9.40. The number of halogens is 2. The molecule has 0 amide bonds. The number of nitrogens with one attached hydrogen (secondary N) is 1. The monoisotopic (exact) mass is 407 g/mol. The van der Waals surface area contributed by atoms with Crippen molar-refractivity contribution in [2.45, 2.75) is 45.2 Å². The zero-order valence-corrected chi connectivity index (χ0v) is 16.1. The quantitative estimate of drug-likeness (QED) is 0.705. The largest absolute Gasteiger partial charge is 0.302 e. The molecule has 4 rings (SSSR count). The van der Waals surface area contributed by atoms with Crippen molar-refractivity contribution in [3.8, 4) is 0 Å². The van der Waals surface area contributed by atoms with Crippen LogP contribution in [0.5, 0.6) is 0 Å². The number of benzene rings is 1. The summed E-state index contributed by atoms with van der Waals surface area (Å²) >= 11 is 4.65. The van der Waals surface area contributed by atoms with Gasteiger partial charge in [-0.3, -0.25) is 4.79 Å². The summed E-state index contributed by atoms with van der Waals surface area (Å²) in [6, 6.07) is 5.53. The molecule has 0 aromatic heterocycles. The van der Waals surface area contributed by atoms with E-state index in [9.17, 15) is 9.18 Å². The molecule has 1 aliphatic carbocycles. The van der Waals surface area contributed by atoms with Crippen LogP contribution in [0.15, 0.2) is 39.2 Å². The summed E-state index contributed by atoms with van der Waals surface area (Å²) in [6.07, 6.45) is 5.07. The Hall–Kier alpha value is -0.910. The van der Waals surface area contributed by atoms with E-state index in [-0.39, 0.29) is 28.4 Å². The molecule has 1 saturated heterocycles. The van der Waals surface area contributed by atoms with Gasteiger partial charge in [0.1, 0.15) is 5.82 Å². The Morgan fingerprint density at radius 1 is 1.33 bits per heavy atom. The van der Waals surface area contributed by atoms with Gasteiger partial charge in [-0.25, -0.2) is 4.39 Å². The molecule has 0 spiro atoms. The lowest BCUT2D eigenvalue weighted by Gasteiger charge is -2.40. The van der Waals surface area contributed by atoms with Crippen LogP contribution in [0.2, 0.25) is 0 Å². The van der Waals surface area contributed by atoms with Gasteiger partial charge in [-0.2, -0.15) is 0 Å². The molecule has 0 saturated carbocycles. The molecule has 2 heterocycles. The third kappa shape index (κ3) is 2.80. The van der Waals surface area contributed by atoms with Crippen LogP contribution in [0.1, 0.15) is 38.7 Å². The van der Waals surface area contributed by atoms with Gasteiger partial charge in [-0.05, 0) is 63.0 Å². The fraction of sp³-hybridized carbons (Fsp3) is 0.421. The van der Waals surface area contributed by atoms with Gasteiger partial charge in [0, 0.05) is 23.4 Å². The summed E-state index contributed by atoms with van der Waals surface area (Å²) in [6.45, 7) is 4.50. The van der Waals surface area contributed by atoms with E-state index >= 15 is 0 Å². The first-order valence-electron chi connectivity index (χ1n) is 8.23. The molecule has 1 N–H and O–H groups in total. The van der Waals surface area contributed by atoms with Crippen LogP contribution in [-0.4, -0.2) is 17.2 Å².